The Morgan fingerprint density at radius 3 is 0.932 bits per heavy atom. The molecule has 0 aliphatic carbocycles. The molecular weight excluding hydrogens is 1680 g/mol. The number of hydrogen-bond acceptors (Lipinski definition) is 22. The van der Waals surface area contributed by atoms with Crippen LogP contribution >= 0.6 is 0 Å². The summed E-state index contributed by atoms with van der Waals surface area (Å²) in [7, 11) is 0. The number of alkyl halides is 4. The number of rotatable bonds is 22. The maximum atomic E-state index is 13.0. The highest BCUT2D eigenvalue weighted by Gasteiger charge is 2.29. The van der Waals surface area contributed by atoms with Crippen LogP contribution in [0.4, 0.5) is 28.9 Å². The summed E-state index contributed by atoms with van der Waals surface area (Å²) in [6, 6.07) is 30.3. The normalized spacial score (nSPS) is 16.5. The summed E-state index contributed by atoms with van der Waals surface area (Å²) in [6.07, 6.45) is 23.5. The van der Waals surface area contributed by atoms with E-state index in [1.54, 1.807) is 35.8 Å². The van der Waals surface area contributed by atoms with E-state index in [0.717, 1.165) is 220 Å². The number of piperidine rings is 2. The van der Waals surface area contributed by atoms with E-state index < -0.39 is 0 Å². The van der Waals surface area contributed by atoms with Crippen LogP contribution in [0.25, 0.3) is 90.2 Å². The van der Waals surface area contributed by atoms with Gasteiger partial charge in [0.15, 0.2) is 0 Å². The van der Waals surface area contributed by atoms with Crippen LogP contribution in [-0.4, -0.2) is 246 Å². The Labute approximate surface area is 761 Å². The largest absolute Gasteiger partial charge is 0.367 e. The molecule has 16 aromatic heterocycles. The highest BCUT2D eigenvalue weighted by atomic mass is 19.1. The van der Waals surface area contributed by atoms with Crippen molar-refractivity contribution in [3.63, 3.8) is 0 Å². The van der Waals surface area contributed by atoms with Crippen molar-refractivity contribution in [2.75, 3.05) is 128 Å². The zero-order valence-electron chi connectivity index (χ0n) is 76.7. The fourth-order valence-electron chi connectivity index (χ4n) is 19.0. The first kappa shape index (κ1) is 91.0. The third-order valence-electron chi connectivity index (χ3n) is 26.0. The second-order valence-corrected chi connectivity index (χ2v) is 35.1. The molecule has 20 rings (SSSR count). The Morgan fingerprint density at radius 1 is 0.318 bits per heavy atom. The molecule has 0 spiro atoms. The first-order valence-corrected chi connectivity index (χ1v) is 46.3. The van der Waals surface area contributed by atoms with Gasteiger partial charge in [-0.3, -0.25) is 75.3 Å². The van der Waals surface area contributed by atoms with Crippen LogP contribution in [0.3, 0.4) is 0 Å². The molecule has 16 aromatic rings. The zero-order valence-corrected chi connectivity index (χ0v) is 76.7. The van der Waals surface area contributed by atoms with E-state index >= 15 is 0 Å². The summed E-state index contributed by atoms with van der Waals surface area (Å²) >= 11 is 0. The average Bonchev–Trinajstić information content (AvgIpc) is 1.54. The second-order valence-electron chi connectivity index (χ2n) is 35.1. The van der Waals surface area contributed by atoms with Crippen molar-refractivity contribution in [2.45, 2.75) is 157 Å². The average molecular weight is 1800 g/mol. The summed E-state index contributed by atoms with van der Waals surface area (Å²) in [4.78, 5) is 103. The van der Waals surface area contributed by atoms with Gasteiger partial charge in [0, 0.05) is 127 Å². The Morgan fingerprint density at radius 2 is 0.621 bits per heavy atom. The minimum atomic E-state index is -0.327. The molecule has 30 nitrogen and oxygen atoms in total. The molecule has 0 unspecified atom stereocenters. The topological polar surface area (TPSA) is 278 Å². The van der Waals surface area contributed by atoms with Gasteiger partial charge in [0.2, 0.25) is 0 Å². The quantitative estimate of drug-likeness (QED) is 0.0570. The standard InChI is InChI=1S/C25H30FN7O.C25H29FN6O.C24H28FN7O.C24H27FN6O/c1-4-20-23-12-22(29-33(23)14-17(2)27-20)21-13-25(34)32-16-19(6-7-24(32)28-21)31-11-10-30(9-5-8-26)18(3)15-31;1-3-20-23-13-22(29-32(23)15-17(2)27-20)21-14-25(33)31-16-19(5-6-24(31)28-21)18-7-11-30(12-8-18)10-4-9-26;1-4-19-22-11-21(28-32(22)13-16(2)26-19)20-12-24(33)31-15-18(5-6-23(31)27-20)30-10-9-29(8-7-25)17(3)14-30;1-3-19-22-12-21(28-31(22)14-16(2)26-19)20-13-24(32)30-15-18(4-5-23(30)27-20)17-6-9-29(10-7-17)11-8-25/h6-7,12-14,16,18H,4-5,8-11,15H2,1-3H3;5-6,13-16,18H,3-4,7-12H2,1-2H3;5-6,11-13,15,17H,4,7-10,14H2,1-3H3;4-5,12-15,17H,3,6-11H2,1-2H3/t18-;;17-;/m1.1./s1. The van der Waals surface area contributed by atoms with E-state index in [1.165, 1.54) is 6.07 Å². The van der Waals surface area contributed by atoms with Crippen LogP contribution in [-0.2, 0) is 25.7 Å². The van der Waals surface area contributed by atoms with Crippen LogP contribution in [0.2, 0.25) is 0 Å². The number of fused-ring (bicyclic) bond motifs is 8. The van der Waals surface area contributed by atoms with Crippen molar-refractivity contribution < 1.29 is 17.6 Å². The smallest absolute Gasteiger partial charge is 0.258 e. The van der Waals surface area contributed by atoms with Crippen molar-refractivity contribution in [1.29, 1.82) is 0 Å². The van der Waals surface area contributed by atoms with Crippen LogP contribution < -0.4 is 32.0 Å². The fourth-order valence-corrected chi connectivity index (χ4v) is 19.0. The monoisotopic (exact) mass is 1790 g/mol. The minimum Gasteiger partial charge on any atom is -0.367 e. The van der Waals surface area contributed by atoms with Gasteiger partial charge >= 0.3 is 0 Å². The number of anilines is 2. The molecule has 0 N–H and O–H groups in total. The fraction of sp³-hybridized carbons (Fsp3) is 0.429. The molecule has 0 radical (unpaired) electrons. The van der Waals surface area contributed by atoms with Crippen LogP contribution in [0.1, 0.15) is 149 Å². The predicted octanol–water partition coefficient (Wildman–Crippen LogP) is 13.1. The van der Waals surface area contributed by atoms with Gasteiger partial charge in [-0.05, 0) is 216 Å². The van der Waals surface area contributed by atoms with Crippen molar-refractivity contribution >= 4 is 56.0 Å². The van der Waals surface area contributed by atoms with E-state index in [2.05, 4.69) is 123 Å². The van der Waals surface area contributed by atoms with E-state index in [0.29, 0.717) is 112 Å². The molecule has 0 saturated carbocycles. The summed E-state index contributed by atoms with van der Waals surface area (Å²) in [5.41, 5.74) is 22.2. The van der Waals surface area contributed by atoms with E-state index in [4.69, 9.17) is 19.9 Å². The van der Waals surface area contributed by atoms with Gasteiger partial charge in [-0.1, -0.05) is 39.8 Å². The summed E-state index contributed by atoms with van der Waals surface area (Å²) in [5, 5.41) is 18.6. The van der Waals surface area contributed by atoms with Gasteiger partial charge in [-0.15, -0.1) is 0 Å². The number of aromatic nitrogens is 20. The highest BCUT2D eigenvalue weighted by molar-refractivity contribution is 5.71. The lowest BCUT2D eigenvalue weighted by Gasteiger charge is -2.41. The Balaban J connectivity index is 0.000000123. The number of aryl methyl sites for hydroxylation is 8. The van der Waals surface area contributed by atoms with E-state index in [1.807, 2.05) is 156 Å². The lowest BCUT2D eigenvalue weighted by molar-refractivity contribution is 0.175. The van der Waals surface area contributed by atoms with Crippen LogP contribution in [0, 0.1) is 27.7 Å². The summed E-state index contributed by atoms with van der Waals surface area (Å²) in [6.45, 7) is 30.4. The first-order valence-electron chi connectivity index (χ1n) is 46.3. The van der Waals surface area contributed by atoms with Crippen molar-refractivity contribution in [3.8, 4) is 45.6 Å². The Hall–Kier alpha value is -12.9. The van der Waals surface area contributed by atoms with Crippen LogP contribution in [0.15, 0.2) is 166 Å². The maximum Gasteiger partial charge on any atom is 0.258 e. The number of likely N-dealkylation sites (tertiary alicyclic amines) is 2. The minimum absolute atomic E-state index is 0.112. The Kier molecular flexibility index (Phi) is 27.6. The molecule has 2 atom stereocenters. The molecule has 4 saturated heterocycles. The van der Waals surface area contributed by atoms with Gasteiger partial charge in [-0.25, -0.2) is 46.8 Å². The molecule has 4 fully saturated rings. The SMILES string of the molecule is CCc1nc(C)cn2nc(-c3cc(=O)n4cc(C5CCN(CCCF)CC5)ccc4n3)cc12.CCc1nc(C)cn2nc(-c3cc(=O)n4cc(C5CCN(CCF)CC5)ccc4n3)cc12.CCc1nc(C)cn2nc(-c3cc(=O)n4cc(N5CCN(CCCF)[C@H](C)C5)ccc4n3)cc12.CCc1nc(C)cn2nc(-c3cc(=O)n4cc(N5CCN(CCF)[C@H](C)C5)ccc4n3)cc12. The van der Waals surface area contributed by atoms with Gasteiger partial charge in [-0.2, -0.15) is 20.4 Å². The molecule has 0 bridgehead atoms. The molecular formula is C98H114F4N26O4. The summed E-state index contributed by atoms with van der Waals surface area (Å²) in [5.74, 6) is 0.785. The zero-order chi connectivity index (χ0) is 92.1. The number of halogens is 4. The van der Waals surface area contributed by atoms with Crippen molar-refractivity contribution in [2.24, 2.45) is 0 Å². The third kappa shape index (κ3) is 19.7. The van der Waals surface area contributed by atoms with E-state index in [-0.39, 0.29) is 55.0 Å². The van der Waals surface area contributed by atoms with Gasteiger partial charge in [0.05, 0.1) is 140 Å². The molecule has 0 aromatic carbocycles. The van der Waals surface area contributed by atoms with Crippen LogP contribution in [0.5, 0.6) is 0 Å². The molecule has 20 heterocycles. The van der Waals surface area contributed by atoms with Gasteiger partial charge in [0.25, 0.3) is 22.2 Å². The number of pyridine rings is 4. The maximum absolute atomic E-state index is 13.0. The third-order valence-corrected chi connectivity index (χ3v) is 26.0. The van der Waals surface area contributed by atoms with Crippen molar-refractivity contribution in [3.05, 3.63) is 245 Å². The number of hydrogen-bond donors (Lipinski definition) is 0. The molecule has 34 heteroatoms. The van der Waals surface area contributed by atoms with E-state index in [9.17, 15) is 36.7 Å². The number of piperazine rings is 2. The molecule has 132 heavy (non-hydrogen) atoms. The lowest BCUT2D eigenvalue weighted by Crippen LogP contribution is -2.52. The van der Waals surface area contributed by atoms with Crippen molar-refractivity contribution in [1.82, 2.24) is 116 Å². The lowest BCUT2D eigenvalue weighted by atomic mass is 9.90. The predicted molar refractivity (Wildman–Crippen MR) is 507 cm³/mol. The Bertz CT molecular complexity index is 7140. The van der Waals surface area contributed by atoms with Gasteiger partial charge in [0.1, 0.15) is 58.7 Å². The number of nitrogens with zero attached hydrogens (tertiary/aromatic N) is 26. The second kappa shape index (κ2) is 40.0. The molecule has 0 amide bonds. The summed E-state index contributed by atoms with van der Waals surface area (Å²) < 4.78 is 64.0. The van der Waals surface area contributed by atoms with Gasteiger partial charge < -0.3 is 19.6 Å². The molecule has 4 aliphatic rings. The first-order chi connectivity index (χ1) is 64.0. The highest BCUT2D eigenvalue weighted by Crippen LogP contribution is 2.33. The molecule has 688 valence electrons. The molecule has 4 aliphatic heterocycles.